The first-order valence-corrected chi connectivity index (χ1v) is 2.53. The van der Waals surface area contributed by atoms with Gasteiger partial charge in [0, 0.05) is 25.8 Å². The molecule has 58 valence electrons. The molecule has 0 fully saturated rings. The Morgan fingerprint density at radius 3 is 1.90 bits per heavy atom. The number of halogens is 2. The fourth-order valence-electron chi connectivity index (χ4n) is 0.751. The molecule has 0 aromatic heterocycles. The van der Waals surface area contributed by atoms with Crippen molar-refractivity contribution in [2.75, 3.05) is 0 Å². The maximum atomic E-state index is 3.19. The van der Waals surface area contributed by atoms with Gasteiger partial charge in [0.15, 0.2) is 0 Å². The van der Waals surface area contributed by atoms with Gasteiger partial charge >= 0.3 is 0 Å². The van der Waals surface area contributed by atoms with E-state index in [0.717, 1.165) is 6.42 Å². The van der Waals surface area contributed by atoms with E-state index in [0.29, 0.717) is 0 Å². The topological polar surface area (TPSA) is 0 Å². The van der Waals surface area contributed by atoms with Crippen molar-refractivity contribution in [3.05, 3.63) is 23.3 Å². The smallest absolute Gasteiger partial charge is 0 e. The van der Waals surface area contributed by atoms with Gasteiger partial charge in [-0.05, 0) is 0 Å². The molecule has 0 saturated carbocycles. The Morgan fingerprint density at radius 2 is 1.80 bits per heavy atom. The van der Waals surface area contributed by atoms with Gasteiger partial charge in [-0.2, -0.15) is 5.57 Å². The van der Waals surface area contributed by atoms with Gasteiger partial charge in [-0.1, -0.05) is 13.8 Å². The minimum Gasteiger partial charge on any atom is -1.00 e. The van der Waals surface area contributed by atoms with Crippen molar-refractivity contribution in [3.63, 3.8) is 0 Å². The molecular formula is C7H9Cl2Hf-3. The predicted molar refractivity (Wildman–Crippen MR) is 30.8 cm³/mol. The molecule has 0 nitrogen and oxygen atoms in total. The summed E-state index contributed by atoms with van der Waals surface area (Å²) in [5, 5.41) is 0. The van der Waals surface area contributed by atoms with Crippen LogP contribution in [0.25, 0.3) is 0 Å². The Balaban J connectivity index is -0.000000163. The molecule has 1 aliphatic carbocycles. The van der Waals surface area contributed by atoms with Crippen molar-refractivity contribution in [2.45, 2.75) is 20.3 Å². The van der Waals surface area contributed by atoms with Gasteiger partial charge in [-0.15, -0.1) is 6.42 Å². The summed E-state index contributed by atoms with van der Waals surface area (Å²) in [6.45, 7) is 4.21. The Labute approximate surface area is 93.8 Å². The van der Waals surface area contributed by atoms with Crippen LogP contribution in [-0.2, 0) is 25.8 Å². The van der Waals surface area contributed by atoms with Crippen LogP contribution in [0.1, 0.15) is 20.3 Å². The summed E-state index contributed by atoms with van der Waals surface area (Å²) < 4.78 is 0. The molecule has 0 amide bonds. The summed E-state index contributed by atoms with van der Waals surface area (Å²) in [5.41, 5.74) is 2.72. The average molecular weight is 343 g/mol. The second-order valence-corrected chi connectivity index (χ2v) is 2.03. The Kier molecular flexibility index (Phi) is 13.8. The molecule has 0 atom stereocenters. The van der Waals surface area contributed by atoms with Crippen molar-refractivity contribution in [1.82, 2.24) is 0 Å². The van der Waals surface area contributed by atoms with Gasteiger partial charge in [0.05, 0.1) is 0 Å². The van der Waals surface area contributed by atoms with Gasteiger partial charge < -0.3 is 24.8 Å². The van der Waals surface area contributed by atoms with Gasteiger partial charge in [0.25, 0.3) is 0 Å². The summed E-state index contributed by atoms with van der Waals surface area (Å²) in [6, 6.07) is 0. The van der Waals surface area contributed by atoms with E-state index >= 15 is 0 Å². The Morgan fingerprint density at radius 1 is 1.30 bits per heavy atom. The molecule has 0 aliphatic heterocycles. The second-order valence-electron chi connectivity index (χ2n) is 2.03. The van der Waals surface area contributed by atoms with Crippen LogP contribution in [0.2, 0.25) is 0 Å². The molecule has 0 bridgehead atoms. The maximum Gasteiger partial charge on any atom is 0 e. The fourth-order valence-corrected chi connectivity index (χ4v) is 0.751. The first-order valence-electron chi connectivity index (χ1n) is 2.53. The molecule has 1 aliphatic rings. The Hall–Kier alpha value is 0.930. The van der Waals surface area contributed by atoms with Gasteiger partial charge in [-0.25, -0.2) is 11.6 Å². The van der Waals surface area contributed by atoms with E-state index in [1.165, 1.54) is 11.1 Å². The van der Waals surface area contributed by atoms with E-state index in [1.807, 2.05) is 0 Å². The third-order valence-electron chi connectivity index (χ3n) is 1.11. The molecule has 0 aromatic carbocycles. The van der Waals surface area contributed by atoms with Crippen LogP contribution in [0.4, 0.5) is 0 Å². The van der Waals surface area contributed by atoms with Crippen LogP contribution < -0.4 is 24.8 Å². The van der Waals surface area contributed by atoms with Crippen LogP contribution in [0, 0.1) is 6.08 Å². The van der Waals surface area contributed by atoms with Crippen LogP contribution in [0.3, 0.4) is 0 Å². The molecule has 3 heteroatoms. The second kappa shape index (κ2) is 8.03. The molecule has 0 spiro atoms. The van der Waals surface area contributed by atoms with Gasteiger partial charge in [0.2, 0.25) is 0 Å². The van der Waals surface area contributed by atoms with Crippen LogP contribution in [-0.4, -0.2) is 0 Å². The standard InChI is InChI=1S/C7H9.2ClH.Hf/c1-6-3-4-7(2)5-6;;;/h5H,3H2,1-2H3;2*1H;/q-1;;;/p-2. The quantitative estimate of drug-likeness (QED) is 0.312. The van der Waals surface area contributed by atoms with Crippen molar-refractivity contribution in [1.29, 1.82) is 0 Å². The minimum absolute atomic E-state index is 0. The number of hydrogen-bond acceptors (Lipinski definition) is 0. The molecule has 0 N–H and O–H groups in total. The predicted octanol–water partition coefficient (Wildman–Crippen LogP) is -3.91. The Bertz CT molecular complexity index is 139. The minimum atomic E-state index is 0. The van der Waals surface area contributed by atoms with Crippen molar-refractivity contribution in [2.24, 2.45) is 0 Å². The number of hydrogen-bond donors (Lipinski definition) is 0. The van der Waals surface area contributed by atoms with E-state index in [-0.39, 0.29) is 50.7 Å². The molecule has 1 rings (SSSR count). The van der Waals surface area contributed by atoms with E-state index in [4.69, 9.17) is 0 Å². The van der Waals surface area contributed by atoms with E-state index in [9.17, 15) is 0 Å². The van der Waals surface area contributed by atoms with Crippen molar-refractivity contribution in [3.8, 4) is 0 Å². The summed E-state index contributed by atoms with van der Waals surface area (Å²) in [5.74, 6) is 0. The molecule has 0 radical (unpaired) electrons. The summed E-state index contributed by atoms with van der Waals surface area (Å²) in [4.78, 5) is 0. The molecule has 0 aromatic rings. The monoisotopic (exact) mass is 343 g/mol. The summed E-state index contributed by atoms with van der Waals surface area (Å²) in [7, 11) is 0. The van der Waals surface area contributed by atoms with Crippen molar-refractivity contribution < 1.29 is 50.7 Å². The van der Waals surface area contributed by atoms with Crippen LogP contribution in [0.5, 0.6) is 0 Å². The molecule has 0 unspecified atom stereocenters. The number of rotatable bonds is 0. The van der Waals surface area contributed by atoms with Gasteiger partial charge in [-0.3, -0.25) is 6.08 Å². The zero-order valence-electron chi connectivity index (χ0n) is 6.04. The third-order valence-corrected chi connectivity index (χ3v) is 1.11. The van der Waals surface area contributed by atoms with Crippen LogP contribution >= 0.6 is 0 Å². The SMILES string of the molecule is CC1=[C-]CC(C)=C1.[Cl-].[Cl-].[Hf]. The zero-order valence-corrected chi connectivity index (χ0v) is 11.1. The molecule has 10 heavy (non-hydrogen) atoms. The first-order chi connectivity index (χ1) is 3.29. The normalized spacial score (nSPS) is 13.4. The number of allylic oxidation sites excluding steroid dienone is 4. The summed E-state index contributed by atoms with van der Waals surface area (Å²) >= 11 is 0. The van der Waals surface area contributed by atoms with E-state index in [2.05, 4.69) is 26.0 Å². The van der Waals surface area contributed by atoms with E-state index < -0.39 is 0 Å². The first kappa shape index (κ1) is 17.1. The summed E-state index contributed by atoms with van der Waals surface area (Å²) in [6.07, 6.45) is 6.41. The molecule has 0 saturated heterocycles. The van der Waals surface area contributed by atoms with E-state index in [1.54, 1.807) is 0 Å². The van der Waals surface area contributed by atoms with Gasteiger partial charge in [0.1, 0.15) is 0 Å². The largest absolute Gasteiger partial charge is 1.00 e. The maximum absolute atomic E-state index is 3.19. The molecule has 0 heterocycles. The fraction of sp³-hybridized carbons (Fsp3) is 0.429. The average Bonchev–Trinajstić information content (AvgIpc) is 1.87. The molecular weight excluding hydrogens is 333 g/mol. The van der Waals surface area contributed by atoms with Crippen molar-refractivity contribution >= 4 is 0 Å². The third kappa shape index (κ3) is 5.70. The van der Waals surface area contributed by atoms with Crippen LogP contribution in [0.15, 0.2) is 17.2 Å². The zero-order chi connectivity index (χ0) is 5.28.